The monoisotopic (exact) mass is 660 g/mol. The number of rotatable bonds is 9. The van der Waals surface area contributed by atoms with Crippen molar-refractivity contribution in [1.82, 2.24) is 4.90 Å². The van der Waals surface area contributed by atoms with E-state index in [4.69, 9.17) is 0 Å². The lowest BCUT2D eigenvalue weighted by Gasteiger charge is -2.37. The van der Waals surface area contributed by atoms with Crippen LogP contribution in [0.4, 0.5) is 36.4 Å². The molecule has 1 aliphatic rings. The Hall–Kier alpha value is -3.98. The standard InChI is InChI=1S/C30H27F7N2O5S/c1-18(15-31)27(41)39-16-20-14-23(45(2,42)43)12-13-24(20)25(39)26(40)38-22-10-8-21(9-11-22)28(29(32,33)34,30(35,36)37)44-17-19-6-4-3-5-7-19/h3-14,18,25H,15-17H2,1-2H3,(H,38,40). The third-order valence-corrected chi connectivity index (χ3v) is 8.44. The SMILES string of the molecule is CC(CF)C(=O)N1Cc2cc(S(C)(=O)=O)ccc2C1C(=O)Nc1ccc(C(OCc2ccccc2)(C(F)(F)F)C(F)(F)F)cc1. The first-order valence-electron chi connectivity index (χ1n) is 13.3. The van der Waals surface area contributed by atoms with Gasteiger partial charge in [-0.15, -0.1) is 0 Å². The minimum absolute atomic E-state index is 0.0703. The number of carbonyl (C=O) groups is 2. The number of ether oxygens (including phenoxy) is 1. The molecule has 3 aromatic rings. The number of hydrogen-bond acceptors (Lipinski definition) is 5. The van der Waals surface area contributed by atoms with Gasteiger partial charge in [0.2, 0.25) is 5.91 Å². The highest BCUT2D eigenvalue weighted by atomic mass is 32.2. The number of carbonyl (C=O) groups excluding carboxylic acids is 2. The second-order valence-electron chi connectivity index (χ2n) is 10.6. The van der Waals surface area contributed by atoms with Crippen molar-refractivity contribution in [2.24, 2.45) is 5.92 Å². The minimum atomic E-state index is -5.93. The summed E-state index contributed by atoms with van der Waals surface area (Å²) < 4.78 is 127. The van der Waals surface area contributed by atoms with E-state index < -0.39 is 70.4 Å². The number of nitrogens with one attached hydrogen (secondary N) is 1. The predicted octanol–water partition coefficient (Wildman–Crippen LogP) is 6.25. The molecular formula is C30H27F7N2O5S. The number of alkyl halides is 7. The molecule has 0 bridgehead atoms. The van der Waals surface area contributed by atoms with Gasteiger partial charge in [-0.3, -0.25) is 14.0 Å². The molecule has 3 aromatic carbocycles. The maximum absolute atomic E-state index is 14.2. The van der Waals surface area contributed by atoms with Crippen LogP contribution >= 0.6 is 0 Å². The van der Waals surface area contributed by atoms with Gasteiger partial charge in [0.25, 0.3) is 11.5 Å². The van der Waals surface area contributed by atoms with Crippen molar-refractivity contribution >= 4 is 27.3 Å². The fourth-order valence-corrected chi connectivity index (χ4v) is 5.67. The average molecular weight is 661 g/mol. The van der Waals surface area contributed by atoms with Crippen molar-refractivity contribution in [1.29, 1.82) is 0 Å². The van der Waals surface area contributed by atoms with Gasteiger partial charge in [-0.2, -0.15) is 26.3 Å². The first kappa shape index (κ1) is 33.9. The summed E-state index contributed by atoms with van der Waals surface area (Å²) in [5.41, 5.74) is -5.61. The Morgan fingerprint density at radius 2 is 1.56 bits per heavy atom. The first-order chi connectivity index (χ1) is 20.9. The van der Waals surface area contributed by atoms with Crippen molar-refractivity contribution in [3.63, 3.8) is 0 Å². The Morgan fingerprint density at radius 3 is 2.09 bits per heavy atom. The molecule has 0 saturated carbocycles. The molecule has 1 heterocycles. The molecule has 2 atom stereocenters. The maximum atomic E-state index is 14.2. The van der Waals surface area contributed by atoms with Gasteiger partial charge in [0, 0.05) is 24.1 Å². The third-order valence-electron chi connectivity index (χ3n) is 7.33. The smallest absolute Gasteiger partial charge is 0.349 e. The van der Waals surface area contributed by atoms with E-state index >= 15 is 0 Å². The van der Waals surface area contributed by atoms with E-state index in [0.29, 0.717) is 17.7 Å². The topological polar surface area (TPSA) is 92.8 Å². The molecule has 0 fully saturated rings. The second-order valence-corrected chi connectivity index (χ2v) is 12.6. The number of fused-ring (bicyclic) bond motifs is 1. The zero-order chi connectivity index (χ0) is 33.4. The van der Waals surface area contributed by atoms with Crippen molar-refractivity contribution in [3.8, 4) is 0 Å². The van der Waals surface area contributed by atoms with Gasteiger partial charge in [0.05, 0.1) is 17.4 Å². The molecular weight excluding hydrogens is 633 g/mol. The number of hydrogen-bond donors (Lipinski definition) is 1. The third kappa shape index (κ3) is 6.69. The van der Waals surface area contributed by atoms with E-state index in [1.54, 1.807) is 0 Å². The molecule has 2 amide bonds. The molecule has 1 N–H and O–H groups in total. The highest BCUT2D eigenvalue weighted by Gasteiger charge is 2.73. The summed E-state index contributed by atoms with van der Waals surface area (Å²) >= 11 is 0. The molecule has 242 valence electrons. The Morgan fingerprint density at radius 1 is 0.956 bits per heavy atom. The van der Waals surface area contributed by atoms with Crippen LogP contribution in [0.15, 0.2) is 77.7 Å². The molecule has 0 saturated heterocycles. The van der Waals surface area contributed by atoms with Crippen LogP contribution in [0.1, 0.15) is 35.2 Å². The quantitative estimate of drug-likeness (QED) is 0.274. The average Bonchev–Trinajstić information content (AvgIpc) is 3.35. The van der Waals surface area contributed by atoms with E-state index in [1.165, 1.54) is 55.5 Å². The molecule has 0 aliphatic carbocycles. The summed E-state index contributed by atoms with van der Waals surface area (Å²) in [6, 6.07) is 12.1. The highest BCUT2D eigenvalue weighted by Crippen LogP contribution is 2.53. The summed E-state index contributed by atoms with van der Waals surface area (Å²) in [5.74, 6) is -2.83. The zero-order valence-corrected chi connectivity index (χ0v) is 24.6. The van der Waals surface area contributed by atoms with E-state index in [9.17, 15) is 48.7 Å². The van der Waals surface area contributed by atoms with Gasteiger partial charge in [-0.1, -0.05) is 55.5 Å². The lowest BCUT2D eigenvalue weighted by atomic mass is 9.91. The number of anilines is 1. The summed E-state index contributed by atoms with van der Waals surface area (Å²) in [7, 11) is -3.66. The van der Waals surface area contributed by atoms with Crippen molar-refractivity contribution in [2.45, 2.75) is 49.0 Å². The molecule has 0 aromatic heterocycles. The highest BCUT2D eigenvalue weighted by molar-refractivity contribution is 7.90. The van der Waals surface area contributed by atoms with E-state index in [0.717, 1.165) is 23.3 Å². The summed E-state index contributed by atoms with van der Waals surface area (Å²) in [5, 5.41) is 2.38. The fraction of sp³-hybridized carbons (Fsp3) is 0.333. The summed E-state index contributed by atoms with van der Waals surface area (Å²) in [6.45, 7) is -1.02. The van der Waals surface area contributed by atoms with Gasteiger partial charge in [-0.05, 0) is 41.0 Å². The van der Waals surface area contributed by atoms with Gasteiger partial charge < -0.3 is 15.0 Å². The molecule has 4 rings (SSSR count). The summed E-state index contributed by atoms with van der Waals surface area (Å²) in [6.07, 6.45) is -10.9. The Kier molecular flexibility index (Phi) is 9.36. The molecule has 0 radical (unpaired) electrons. The van der Waals surface area contributed by atoms with Crippen LogP contribution in [0.25, 0.3) is 0 Å². The number of halogens is 7. The van der Waals surface area contributed by atoms with Crippen molar-refractivity contribution in [2.75, 3.05) is 18.2 Å². The predicted molar refractivity (Wildman–Crippen MR) is 148 cm³/mol. The normalized spacial score (nSPS) is 16.3. The van der Waals surface area contributed by atoms with Crippen LogP contribution in [-0.4, -0.2) is 50.4 Å². The van der Waals surface area contributed by atoms with Gasteiger partial charge >= 0.3 is 12.4 Å². The Bertz CT molecular complexity index is 1650. The molecule has 0 spiro atoms. The second kappa shape index (κ2) is 12.4. The molecule has 45 heavy (non-hydrogen) atoms. The van der Waals surface area contributed by atoms with Crippen LogP contribution < -0.4 is 5.32 Å². The van der Waals surface area contributed by atoms with Gasteiger partial charge in [0.15, 0.2) is 9.84 Å². The van der Waals surface area contributed by atoms with Crippen molar-refractivity contribution < 1.29 is 53.5 Å². The van der Waals surface area contributed by atoms with Crippen molar-refractivity contribution in [3.05, 3.63) is 95.1 Å². The van der Waals surface area contributed by atoms with Crippen LogP contribution in [-0.2, 0) is 42.9 Å². The van der Waals surface area contributed by atoms with Crippen LogP contribution in [0.2, 0.25) is 0 Å². The minimum Gasteiger partial charge on any atom is -0.349 e. The number of amides is 2. The number of benzene rings is 3. The first-order valence-corrected chi connectivity index (χ1v) is 15.2. The van der Waals surface area contributed by atoms with Gasteiger partial charge in [-0.25, -0.2) is 8.42 Å². The van der Waals surface area contributed by atoms with E-state index in [-0.39, 0.29) is 28.3 Å². The van der Waals surface area contributed by atoms with Crippen LogP contribution in [0, 0.1) is 5.92 Å². The molecule has 1 aliphatic heterocycles. The lowest BCUT2D eigenvalue weighted by Crippen LogP contribution is -2.55. The molecule has 15 heteroatoms. The van der Waals surface area contributed by atoms with Gasteiger partial charge in [0.1, 0.15) is 12.7 Å². The zero-order valence-electron chi connectivity index (χ0n) is 23.7. The van der Waals surface area contributed by atoms with E-state index in [1.807, 2.05) is 0 Å². The maximum Gasteiger partial charge on any atom is 0.430 e. The fourth-order valence-electron chi connectivity index (χ4n) is 5.00. The van der Waals surface area contributed by atoms with Crippen LogP contribution in [0.3, 0.4) is 0 Å². The summed E-state index contributed by atoms with van der Waals surface area (Å²) in [4.78, 5) is 27.3. The molecule has 7 nitrogen and oxygen atoms in total. The Labute approximate surface area is 253 Å². The largest absolute Gasteiger partial charge is 0.430 e. The lowest BCUT2D eigenvalue weighted by molar-refractivity contribution is -0.392. The Balaban J connectivity index is 1.67. The van der Waals surface area contributed by atoms with E-state index in [2.05, 4.69) is 10.1 Å². The van der Waals surface area contributed by atoms with Crippen LogP contribution in [0.5, 0.6) is 0 Å². The number of nitrogens with zero attached hydrogens (tertiary/aromatic N) is 1. The molecule has 2 unspecified atom stereocenters. The number of sulfone groups is 1.